The molecule has 0 aliphatic rings. The summed E-state index contributed by atoms with van der Waals surface area (Å²) in [6.07, 6.45) is -0.780. The molecule has 0 fully saturated rings. The smallest absolute Gasteiger partial charge is 0.264 e. The predicted octanol–water partition coefficient (Wildman–Crippen LogP) is 4.86. The molecule has 0 amide bonds. The maximum atomic E-state index is 13.9. The van der Waals surface area contributed by atoms with Gasteiger partial charge in [-0.3, -0.25) is 4.68 Å². The van der Waals surface area contributed by atoms with Crippen LogP contribution in [0.4, 0.5) is 8.78 Å². The molecule has 138 valence electrons. The van der Waals surface area contributed by atoms with Crippen LogP contribution in [-0.4, -0.2) is 24.5 Å². The number of aryl methyl sites for hydroxylation is 3. The van der Waals surface area contributed by atoms with Crippen molar-refractivity contribution >= 4 is 11.0 Å². The molecule has 0 bridgehead atoms. The summed E-state index contributed by atoms with van der Waals surface area (Å²) in [6, 6.07) is 10.9. The van der Waals surface area contributed by atoms with Crippen LogP contribution in [0.5, 0.6) is 0 Å². The van der Waals surface area contributed by atoms with Crippen LogP contribution in [0.25, 0.3) is 28.0 Å². The molecule has 3 aromatic heterocycles. The maximum Gasteiger partial charge on any atom is 0.264 e. The molecule has 5 nitrogen and oxygen atoms in total. The van der Waals surface area contributed by atoms with Crippen LogP contribution < -0.4 is 0 Å². The molecule has 7 heteroatoms. The largest absolute Gasteiger partial charge is 0.272 e. The number of aromatic nitrogens is 5. The van der Waals surface area contributed by atoms with E-state index >= 15 is 0 Å². The Morgan fingerprint density at radius 1 is 1.04 bits per heavy atom. The van der Waals surface area contributed by atoms with E-state index in [2.05, 4.69) is 10.2 Å². The minimum Gasteiger partial charge on any atom is -0.272 e. The first kappa shape index (κ1) is 17.3. The SMILES string of the molecule is CCn1cc(-c2cc(C(F)F)c3c(C)nn(-c4ccccc4)c3n2)c(C)n1. The average Bonchev–Trinajstić information content (AvgIpc) is 3.21. The molecule has 0 unspecified atom stereocenters. The fourth-order valence-corrected chi connectivity index (χ4v) is 3.31. The fourth-order valence-electron chi connectivity index (χ4n) is 3.31. The van der Waals surface area contributed by atoms with Crippen LogP contribution >= 0.6 is 0 Å². The molecule has 0 aliphatic carbocycles. The van der Waals surface area contributed by atoms with Gasteiger partial charge in [-0.05, 0) is 39.0 Å². The number of benzene rings is 1. The summed E-state index contributed by atoms with van der Waals surface area (Å²) in [7, 11) is 0. The standard InChI is InChI=1S/C20H19F2N5/c1-4-26-11-16(12(2)24-26)17-10-15(19(21)22)18-13(3)25-27(20(18)23-17)14-8-6-5-7-9-14/h5-11,19H,4H2,1-3H3. The third-order valence-corrected chi connectivity index (χ3v) is 4.63. The topological polar surface area (TPSA) is 48.5 Å². The zero-order chi connectivity index (χ0) is 19.1. The van der Waals surface area contributed by atoms with Gasteiger partial charge in [0.1, 0.15) is 0 Å². The highest BCUT2D eigenvalue weighted by molar-refractivity contribution is 5.86. The molecule has 0 N–H and O–H groups in total. The molecule has 0 atom stereocenters. The third kappa shape index (κ3) is 2.89. The van der Waals surface area contributed by atoms with Gasteiger partial charge in [-0.1, -0.05) is 18.2 Å². The Morgan fingerprint density at radius 2 is 1.78 bits per heavy atom. The van der Waals surface area contributed by atoms with Crippen molar-refractivity contribution in [3.8, 4) is 16.9 Å². The van der Waals surface area contributed by atoms with Crippen molar-refractivity contribution in [2.24, 2.45) is 0 Å². The Labute approximate surface area is 155 Å². The van der Waals surface area contributed by atoms with Crippen molar-refractivity contribution in [3.63, 3.8) is 0 Å². The van der Waals surface area contributed by atoms with Gasteiger partial charge in [0.05, 0.1) is 28.2 Å². The first-order chi connectivity index (χ1) is 13.0. The number of pyridine rings is 1. The van der Waals surface area contributed by atoms with Crippen LogP contribution in [0.2, 0.25) is 0 Å². The van der Waals surface area contributed by atoms with Crippen molar-refractivity contribution in [3.05, 3.63) is 59.5 Å². The number of hydrogen-bond donors (Lipinski definition) is 0. The minimum absolute atomic E-state index is 0.0571. The molecular formula is C20H19F2N5. The van der Waals surface area contributed by atoms with E-state index in [1.165, 1.54) is 6.07 Å². The van der Waals surface area contributed by atoms with Gasteiger partial charge in [-0.15, -0.1) is 0 Å². The van der Waals surface area contributed by atoms with E-state index in [0.29, 0.717) is 29.0 Å². The van der Waals surface area contributed by atoms with E-state index in [0.717, 1.165) is 16.9 Å². The minimum atomic E-state index is -2.62. The predicted molar refractivity (Wildman–Crippen MR) is 100 cm³/mol. The number of para-hydroxylation sites is 1. The molecule has 0 saturated carbocycles. The third-order valence-electron chi connectivity index (χ3n) is 4.63. The van der Waals surface area contributed by atoms with Crippen LogP contribution in [-0.2, 0) is 6.54 Å². The quantitative estimate of drug-likeness (QED) is 0.518. The highest BCUT2D eigenvalue weighted by atomic mass is 19.3. The second kappa shape index (κ2) is 6.57. The zero-order valence-corrected chi connectivity index (χ0v) is 15.3. The lowest BCUT2D eigenvalue weighted by molar-refractivity contribution is 0.153. The van der Waals surface area contributed by atoms with Gasteiger partial charge in [-0.2, -0.15) is 10.2 Å². The normalized spacial score (nSPS) is 11.6. The van der Waals surface area contributed by atoms with Gasteiger partial charge in [0.2, 0.25) is 0 Å². The number of hydrogen-bond acceptors (Lipinski definition) is 3. The van der Waals surface area contributed by atoms with E-state index in [1.807, 2.05) is 50.4 Å². The number of alkyl halides is 2. The van der Waals surface area contributed by atoms with Gasteiger partial charge >= 0.3 is 0 Å². The summed E-state index contributed by atoms with van der Waals surface area (Å²) in [4.78, 5) is 4.71. The van der Waals surface area contributed by atoms with E-state index in [9.17, 15) is 8.78 Å². The van der Waals surface area contributed by atoms with Crippen LogP contribution in [0.3, 0.4) is 0 Å². The second-order valence-corrected chi connectivity index (χ2v) is 6.41. The van der Waals surface area contributed by atoms with Crippen molar-refractivity contribution < 1.29 is 8.78 Å². The Kier molecular flexibility index (Phi) is 4.22. The molecule has 3 heterocycles. The molecule has 0 aliphatic heterocycles. The van der Waals surface area contributed by atoms with Crippen molar-refractivity contribution in [2.45, 2.75) is 33.7 Å². The molecule has 1 aromatic carbocycles. The molecule has 4 rings (SSSR count). The molecule has 0 saturated heterocycles. The summed E-state index contributed by atoms with van der Waals surface area (Å²) in [6.45, 7) is 6.27. The first-order valence-corrected chi connectivity index (χ1v) is 8.77. The summed E-state index contributed by atoms with van der Waals surface area (Å²) in [5.41, 5.74) is 3.66. The molecule has 4 aromatic rings. The number of rotatable bonds is 4. The Bertz CT molecular complexity index is 1110. The van der Waals surface area contributed by atoms with E-state index < -0.39 is 6.43 Å². The van der Waals surface area contributed by atoms with E-state index in [-0.39, 0.29) is 5.56 Å². The maximum absolute atomic E-state index is 13.9. The second-order valence-electron chi connectivity index (χ2n) is 6.41. The first-order valence-electron chi connectivity index (χ1n) is 8.77. The zero-order valence-electron chi connectivity index (χ0n) is 15.3. The Balaban J connectivity index is 2.03. The highest BCUT2D eigenvalue weighted by Gasteiger charge is 2.22. The highest BCUT2D eigenvalue weighted by Crippen LogP contribution is 2.34. The van der Waals surface area contributed by atoms with Crippen molar-refractivity contribution in [2.75, 3.05) is 0 Å². The molecule has 27 heavy (non-hydrogen) atoms. The molecule has 0 radical (unpaired) electrons. The number of halogens is 2. The average molecular weight is 367 g/mol. The lowest BCUT2D eigenvalue weighted by Gasteiger charge is -2.08. The van der Waals surface area contributed by atoms with Crippen LogP contribution in [0, 0.1) is 13.8 Å². The van der Waals surface area contributed by atoms with Gasteiger partial charge in [0, 0.05) is 23.9 Å². The number of fused-ring (bicyclic) bond motifs is 1. The monoisotopic (exact) mass is 367 g/mol. The molecular weight excluding hydrogens is 348 g/mol. The van der Waals surface area contributed by atoms with E-state index in [4.69, 9.17) is 4.98 Å². The van der Waals surface area contributed by atoms with Gasteiger partial charge < -0.3 is 0 Å². The van der Waals surface area contributed by atoms with E-state index in [1.54, 1.807) is 16.3 Å². The lowest BCUT2D eigenvalue weighted by atomic mass is 10.1. The van der Waals surface area contributed by atoms with Gasteiger partial charge in [0.25, 0.3) is 6.43 Å². The Morgan fingerprint density at radius 3 is 2.41 bits per heavy atom. The van der Waals surface area contributed by atoms with Crippen molar-refractivity contribution in [1.29, 1.82) is 0 Å². The van der Waals surface area contributed by atoms with Gasteiger partial charge in [0.15, 0.2) is 5.65 Å². The molecule has 0 spiro atoms. The summed E-state index contributed by atoms with van der Waals surface area (Å²) in [5, 5.41) is 9.30. The summed E-state index contributed by atoms with van der Waals surface area (Å²) < 4.78 is 31.1. The fraction of sp³-hybridized carbons (Fsp3) is 0.250. The van der Waals surface area contributed by atoms with Gasteiger partial charge in [-0.25, -0.2) is 18.4 Å². The lowest BCUT2D eigenvalue weighted by Crippen LogP contribution is -1.99. The van der Waals surface area contributed by atoms with Crippen molar-refractivity contribution in [1.82, 2.24) is 24.5 Å². The van der Waals surface area contributed by atoms with Crippen LogP contribution in [0.15, 0.2) is 42.6 Å². The van der Waals surface area contributed by atoms with Crippen LogP contribution in [0.1, 0.15) is 30.3 Å². The number of nitrogens with zero attached hydrogens (tertiary/aromatic N) is 5. The summed E-state index contributed by atoms with van der Waals surface area (Å²) >= 11 is 0. The Hall–Kier alpha value is -3.09. The summed E-state index contributed by atoms with van der Waals surface area (Å²) in [5.74, 6) is 0.